The van der Waals surface area contributed by atoms with Crippen LogP contribution in [0.15, 0.2) is 53.0 Å². The Labute approximate surface area is 142 Å². The van der Waals surface area contributed by atoms with Gasteiger partial charge in [-0.3, -0.25) is 0 Å². The van der Waals surface area contributed by atoms with Gasteiger partial charge in [-0.05, 0) is 68.7 Å². The van der Waals surface area contributed by atoms with Crippen LogP contribution in [0.25, 0.3) is 11.1 Å². The van der Waals surface area contributed by atoms with Crippen LogP contribution in [0.3, 0.4) is 0 Å². The van der Waals surface area contributed by atoms with E-state index in [1.54, 1.807) is 0 Å². The molecule has 0 aliphatic heterocycles. The molecule has 2 rings (SSSR count). The van der Waals surface area contributed by atoms with Gasteiger partial charge in [0.1, 0.15) is 0 Å². The van der Waals surface area contributed by atoms with E-state index in [0.717, 1.165) is 4.47 Å². The first-order valence-electron chi connectivity index (χ1n) is 7.15. The Hall–Kier alpha value is -0.830. The summed E-state index contributed by atoms with van der Waals surface area (Å²) in [7, 11) is 4.26. The van der Waals surface area contributed by atoms with Crippen molar-refractivity contribution >= 4 is 15.9 Å². The van der Waals surface area contributed by atoms with Crippen LogP contribution in [0.5, 0.6) is 0 Å². The number of hydrogen-bond donors (Lipinski definition) is 0. The molecule has 0 aromatic heterocycles. The zero-order valence-corrected chi connectivity index (χ0v) is 15.0. The molecule has 2 aromatic rings. The van der Waals surface area contributed by atoms with Crippen LogP contribution >= 0.6 is 15.9 Å². The summed E-state index contributed by atoms with van der Waals surface area (Å²) in [6.07, 6.45) is 3.70. The second-order valence-electron chi connectivity index (χ2n) is 5.46. The molecule has 0 saturated heterocycles. The summed E-state index contributed by atoms with van der Waals surface area (Å²) in [5.74, 6) is 0. The normalized spacial score (nSPS) is 10.5. The van der Waals surface area contributed by atoms with Gasteiger partial charge in [0.15, 0.2) is 0 Å². The van der Waals surface area contributed by atoms with E-state index in [-0.39, 0.29) is 12.4 Å². The van der Waals surface area contributed by atoms with Crippen molar-refractivity contribution in [3.8, 4) is 11.1 Å². The van der Waals surface area contributed by atoms with Crippen molar-refractivity contribution < 1.29 is 12.4 Å². The molecule has 0 atom stereocenters. The Bertz CT molecular complexity index is 520. The van der Waals surface area contributed by atoms with Crippen LogP contribution in [0.2, 0.25) is 0 Å². The number of hydrogen-bond acceptors (Lipinski definition) is 1. The maximum atomic E-state index is 3.47. The van der Waals surface area contributed by atoms with Gasteiger partial charge in [0.2, 0.25) is 0 Å². The largest absolute Gasteiger partial charge is 1.00 e. The molecular formula is C18H22BrClN-. The molecule has 1 nitrogen and oxygen atoms in total. The Kier molecular flexibility index (Phi) is 8.02. The average Bonchev–Trinajstić information content (AvgIpc) is 2.45. The molecule has 0 aliphatic carbocycles. The van der Waals surface area contributed by atoms with E-state index in [1.807, 2.05) is 0 Å². The Morgan fingerprint density at radius 2 is 1.33 bits per heavy atom. The van der Waals surface area contributed by atoms with E-state index < -0.39 is 0 Å². The van der Waals surface area contributed by atoms with E-state index in [2.05, 4.69) is 83.5 Å². The maximum absolute atomic E-state index is 3.47. The molecule has 0 saturated carbocycles. The van der Waals surface area contributed by atoms with Gasteiger partial charge in [0.25, 0.3) is 0 Å². The molecule has 0 unspecified atom stereocenters. The van der Waals surface area contributed by atoms with Crippen molar-refractivity contribution in [3.05, 3.63) is 58.6 Å². The lowest BCUT2D eigenvalue weighted by Gasteiger charge is -2.09. The molecular weight excluding hydrogens is 346 g/mol. The zero-order chi connectivity index (χ0) is 14.4. The number of aryl methyl sites for hydroxylation is 1. The fraction of sp³-hybridized carbons (Fsp3) is 0.333. The summed E-state index contributed by atoms with van der Waals surface area (Å²) >= 11 is 3.47. The minimum Gasteiger partial charge on any atom is -1.00 e. The standard InChI is InChI=1S/C18H22BrN.ClH/c1-20(2)14-4-3-5-15-6-8-16(9-7-15)17-10-12-18(19)13-11-17;/h6-13H,3-5,14H2,1-2H3;1H/p-1. The van der Waals surface area contributed by atoms with Gasteiger partial charge in [-0.25, -0.2) is 0 Å². The van der Waals surface area contributed by atoms with Gasteiger partial charge in [0, 0.05) is 4.47 Å². The number of halogens is 2. The van der Waals surface area contributed by atoms with Crippen LogP contribution in [0.4, 0.5) is 0 Å². The fourth-order valence-electron chi connectivity index (χ4n) is 2.26. The summed E-state index contributed by atoms with van der Waals surface area (Å²) in [5, 5.41) is 0. The van der Waals surface area contributed by atoms with Gasteiger partial charge in [-0.15, -0.1) is 0 Å². The molecule has 0 N–H and O–H groups in total. The average molecular weight is 368 g/mol. The summed E-state index contributed by atoms with van der Waals surface area (Å²) in [6, 6.07) is 17.4. The topological polar surface area (TPSA) is 3.24 Å². The van der Waals surface area contributed by atoms with E-state index in [1.165, 1.54) is 42.5 Å². The second-order valence-corrected chi connectivity index (χ2v) is 6.38. The van der Waals surface area contributed by atoms with Gasteiger partial charge < -0.3 is 17.3 Å². The van der Waals surface area contributed by atoms with E-state index in [0.29, 0.717) is 0 Å². The third kappa shape index (κ3) is 6.21. The number of rotatable bonds is 6. The van der Waals surface area contributed by atoms with E-state index >= 15 is 0 Å². The minimum absolute atomic E-state index is 0. The predicted molar refractivity (Wildman–Crippen MR) is 91.1 cm³/mol. The molecule has 0 radical (unpaired) electrons. The van der Waals surface area contributed by atoms with Crippen LogP contribution in [-0.4, -0.2) is 25.5 Å². The highest BCUT2D eigenvalue weighted by molar-refractivity contribution is 9.10. The van der Waals surface area contributed by atoms with Crippen molar-refractivity contribution in [2.45, 2.75) is 19.3 Å². The first kappa shape index (κ1) is 18.2. The first-order chi connectivity index (χ1) is 9.65. The van der Waals surface area contributed by atoms with E-state index in [9.17, 15) is 0 Å². The molecule has 0 fully saturated rings. The summed E-state index contributed by atoms with van der Waals surface area (Å²) in [6.45, 7) is 1.18. The highest BCUT2D eigenvalue weighted by Crippen LogP contribution is 2.22. The predicted octanol–water partition coefficient (Wildman–Crippen LogP) is 2.00. The number of benzene rings is 2. The van der Waals surface area contributed by atoms with Gasteiger partial charge in [0.05, 0.1) is 0 Å². The van der Waals surface area contributed by atoms with Crippen LogP contribution in [-0.2, 0) is 6.42 Å². The third-order valence-corrected chi connectivity index (χ3v) is 3.98. The molecule has 114 valence electrons. The maximum Gasteiger partial charge on any atom is 0.0175 e. The Balaban J connectivity index is 0.00000220. The van der Waals surface area contributed by atoms with Crippen molar-refractivity contribution in [3.63, 3.8) is 0 Å². The Morgan fingerprint density at radius 3 is 1.86 bits per heavy atom. The summed E-state index contributed by atoms with van der Waals surface area (Å²) in [4.78, 5) is 2.25. The molecule has 2 aromatic carbocycles. The van der Waals surface area contributed by atoms with Crippen LogP contribution in [0.1, 0.15) is 18.4 Å². The molecule has 0 aliphatic rings. The lowest BCUT2D eigenvalue weighted by Crippen LogP contribution is -3.00. The lowest BCUT2D eigenvalue weighted by molar-refractivity contribution is -0.00000404. The highest BCUT2D eigenvalue weighted by atomic mass is 79.9. The monoisotopic (exact) mass is 366 g/mol. The van der Waals surface area contributed by atoms with Crippen molar-refractivity contribution in [2.24, 2.45) is 0 Å². The van der Waals surface area contributed by atoms with Gasteiger partial charge >= 0.3 is 0 Å². The molecule has 0 bridgehead atoms. The van der Waals surface area contributed by atoms with Crippen LogP contribution in [0, 0.1) is 0 Å². The van der Waals surface area contributed by atoms with Crippen LogP contribution < -0.4 is 12.4 Å². The first-order valence-corrected chi connectivity index (χ1v) is 7.94. The fourth-order valence-corrected chi connectivity index (χ4v) is 2.53. The van der Waals surface area contributed by atoms with E-state index in [4.69, 9.17) is 0 Å². The molecule has 0 spiro atoms. The molecule has 0 heterocycles. The molecule has 3 heteroatoms. The van der Waals surface area contributed by atoms with Gasteiger partial charge in [-0.2, -0.15) is 0 Å². The van der Waals surface area contributed by atoms with Gasteiger partial charge in [-0.1, -0.05) is 52.3 Å². The lowest BCUT2D eigenvalue weighted by atomic mass is 10.0. The quantitative estimate of drug-likeness (QED) is 0.706. The molecule has 0 amide bonds. The Morgan fingerprint density at radius 1 is 0.810 bits per heavy atom. The summed E-state index contributed by atoms with van der Waals surface area (Å²) < 4.78 is 1.12. The SMILES string of the molecule is CN(C)CCCCc1ccc(-c2ccc(Br)cc2)cc1.[Cl-]. The summed E-state index contributed by atoms with van der Waals surface area (Å²) in [5.41, 5.74) is 3.99. The second kappa shape index (κ2) is 9.24. The van der Waals surface area contributed by atoms with Crippen molar-refractivity contribution in [1.29, 1.82) is 0 Å². The number of nitrogens with zero attached hydrogens (tertiary/aromatic N) is 1. The van der Waals surface area contributed by atoms with Crippen molar-refractivity contribution in [2.75, 3.05) is 20.6 Å². The third-order valence-electron chi connectivity index (χ3n) is 3.45. The highest BCUT2D eigenvalue weighted by Gasteiger charge is 1.99. The minimum atomic E-state index is 0. The number of unbranched alkanes of at least 4 members (excludes halogenated alkanes) is 1. The smallest absolute Gasteiger partial charge is 0.0175 e. The van der Waals surface area contributed by atoms with Crippen molar-refractivity contribution in [1.82, 2.24) is 4.90 Å². The zero-order valence-electron chi connectivity index (χ0n) is 12.7. The molecule has 21 heavy (non-hydrogen) atoms.